The van der Waals surface area contributed by atoms with Crippen LogP contribution in [-0.2, 0) is 0 Å². The molecule has 0 spiro atoms. The van der Waals surface area contributed by atoms with Gasteiger partial charge in [-0.1, -0.05) is 85.6 Å². The van der Waals surface area contributed by atoms with Crippen molar-refractivity contribution in [3.05, 3.63) is 83.9 Å². The van der Waals surface area contributed by atoms with Gasteiger partial charge in [-0.15, -0.1) is 0 Å². The molecule has 0 heterocycles. The Hall–Kier alpha value is -2.60. The molecule has 0 aliphatic rings. The van der Waals surface area contributed by atoms with Crippen molar-refractivity contribution < 1.29 is 0 Å². The van der Waals surface area contributed by atoms with E-state index in [4.69, 9.17) is 0 Å². The Morgan fingerprint density at radius 2 is 0.750 bits per heavy atom. The first-order valence-corrected chi connectivity index (χ1v) is 8.70. The maximum absolute atomic E-state index is 2.28. The molecule has 4 aromatic carbocycles. The highest BCUT2D eigenvalue weighted by Gasteiger charge is 2.02. The summed E-state index contributed by atoms with van der Waals surface area (Å²) in [6.07, 6.45) is 0. The fraction of sp³-hybridized carbons (Fsp3) is 0.167. The van der Waals surface area contributed by atoms with E-state index in [9.17, 15) is 0 Å². The average molecular weight is 312 g/mol. The van der Waals surface area contributed by atoms with Crippen LogP contribution in [0.1, 0.15) is 25.0 Å². The summed E-state index contributed by atoms with van der Waals surface area (Å²) in [6.45, 7) is 8.28. The summed E-state index contributed by atoms with van der Waals surface area (Å²) in [5.74, 6) is 0. The van der Waals surface area contributed by atoms with Crippen LogP contribution in [0.2, 0.25) is 0 Å². The van der Waals surface area contributed by atoms with E-state index in [1.54, 1.807) is 0 Å². The van der Waals surface area contributed by atoms with Gasteiger partial charge < -0.3 is 0 Å². The van der Waals surface area contributed by atoms with Crippen LogP contribution in [0.5, 0.6) is 0 Å². The van der Waals surface area contributed by atoms with Crippen molar-refractivity contribution in [1.82, 2.24) is 0 Å². The maximum atomic E-state index is 2.28. The lowest BCUT2D eigenvalue weighted by molar-refractivity contribution is 1.50. The molecule has 4 rings (SSSR count). The normalized spacial score (nSPS) is 10.5. The maximum Gasteiger partial charge on any atom is -0.0177 e. The fourth-order valence-electron chi connectivity index (χ4n) is 3.09. The molecule has 0 nitrogen and oxygen atoms in total. The summed E-state index contributed by atoms with van der Waals surface area (Å²) < 4.78 is 0. The molecule has 0 saturated carbocycles. The number of benzene rings is 4. The lowest BCUT2D eigenvalue weighted by Crippen LogP contribution is -1.82. The second-order valence-electron chi connectivity index (χ2n) is 6.13. The van der Waals surface area contributed by atoms with E-state index in [1.807, 2.05) is 13.8 Å². The molecule has 24 heavy (non-hydrogen) atoms. The minimum Gasteiger partial charge on any atom is -0.0683 e. The first-order valence-electron chi connectivity index (χ1n) is 8.70. The average Bonchev–Trinajstić information content (AvgIpc) is 2.62. The van der Waals surface area contributed by atoms with Gasteiger partial charge in [0.05, 0.1) is 0 Å². The molecule has 4 aromatic rings. The third-order valence-corrected chi connectivity index (χ3v) is 4.32. The van der Waals surface area contributed by atoms with Gasteiger partial charge in [-0.3, -0.25) is 0 Å². The van der Waals surface area contributed by atoms with E-state index in [0.29, 0.717) is 0 Å². The van der Waals surface area contributed by atoms with Crippen molar-refractivity contribution in [1.29, 1.82) is 0 Å². The highest BCUT2D eigenvalue weighted by atomic mass is 14.1. The number of hydrogen-bond donors (Lipinski definition) is 0. The standard InChI is InChI=1S/C22H18.C2H6/c1-15-3-5-19-13-21(9-7-17(19)11-15)22-10-8-18-12-16(2)4-6-20(18)14-22;1-2/h3-14H,1-2H3;1-2H3. The lowest BCUT2D eigenvalue weighted by Gasteiger charge is -2.07. The molecule has 0 amide bonds. The summed E-state index contributed by atoms with van der Waals surface area (Å²) >= 11 is 0. The van der Waals surface area contributed by atoms with Gasteiger partial charge in [0, 0.05) is 0 Å². The predicted octanol–water partition coefficient (Wildman–Crippen LogP) is 7.30. The van der Waals surface area contributed by atoms with E-state index in [-0.39, 0.29) is 0 Å². The minimum absolute atomic E-state index is 1.28. The van der Waals surface area contributed by atoms with Crippen molar-refractivity contribution >= 4 is 21.5 Å². The monoisotopic (exact) mass is 312 g/mol. The molecule has 0 saturated heterocycles. The van der Waals surface area contributed by atoms with Gasteiger partial charge in [0.1, 0.15) is 0 Å². The summed E-state index contributed by atoms with van der Waals surface area (Å²) in [5.41, 5.74) is 5.17. The molecule has 0 N–H and O–H groups in total. The quantitative estimate of drug-likeness (QED) is 0.346. The van der Waals surface area contributed by atoms with Gasteiger partial charge in [0.2, 0.25) is 0 Å². The molecule has 0 atom stereocenters. The van der Waals surface area contributed by atoms with E-state index in [2.05, 4.69) is 86.6 Å². The first kappa shape index (κ1) is 16.3. The van der Waals surface area contributed by atoms with Crippen molar-refractivity contribution in [2.75, 3.05) is 0 Å². The fourth-order valence-corrected chi connectivity index (χ4v) is 3.09. The van der Waals surface area contributed by atoms with E-state index in [1.165, 1.54) is 43.8 Å². The van der Waals surface area contributed by atoms with Crippen LogP contribution in [0, 0.1) is 13.8 Å². The molecular formula is C24H24. The SMILES string of the molecule is CC.Cc1ccc2cc(-c3ccc4cc(C)ccc4c3)ccc2c1. The Labute approximate surface area is 144 Å². The lowest BCUT2D eigenvalue weighted by atomic mass is 9.97. The van der Waals surface area contributed by atoms with Gasteiger partial charge in [-0.2, -0.15) is 0 Å². The smallest absolute Gasteiger partial charge is 0.0177 e. The van der Waals surface area contributed by atoms with Gasteiger partial charge in [0.25, 0.3) is 0 Å². The number of aryl methyl sites for hydroxylation is 2. The molecule has 0 heteroatoms. The zero-order valence-corrected chi connectivity index (χ0v) is 14.9. The zero-order valence-electron chi connectivity index (χ0n) is 14.9. The third kappa shape index (κ3) is 3.19. The van der Waals surface area contributed by atoms with Crippen LogP contribution in [0.3, 0.4) is 0 Å². The van der Waals surface area contributed by atoms with Gasteiger partial charge in [-0.25, -0.2) is 0 Å². The van der Waals surface area contributed by atoms with Crippen molar-refractivity contribution in [3.8, 4) is 11.1 Å². The Morgan fingerprint density at radius 1 is 0.417 bits per heavy atom. The largest absolute Gasteiger partial charge is 0.0683 e. The third-order valence-electron chi connectivity index (χ3n) is 4.32. The number of fused-ring (bicyclic) bond motifs is 2. The predicted molar refractivity (Wildman–Crippen MR) is 108 cm³/mol. The summed E-state index contributed by atoms with van der Waals surface area (Å²) in [6, 6.07) is 26.7. The Morgan fingerprint density at radius 3 is 1.17 bits per heavy atom. The molecule has 120 valence electrons. The first-order chi connectivity index (χ1) is 11.7. The second kappa shape index (κ2) is 6.88. The van der Waals surface area contributed by atoms with Crippen LogP contribution >= 0.6 is 0 Å². The van der Waals surface area contributed by atoms with Crippen LogP contribution < -0.4 is 0 Å². The minimum atomic E-state index is 1.28. The molecule has 0 aliphatic carbocycles. The van der Waals surface area contributed by atoms with E-state index < -0.39 is 0 Å². The topological polar surface area (TPSA) is 0 Å². The molecule has 0 fully saturated rings. The zero-order chi connectivity index (χ0) is 17.1. The van der Waals surface area contributed by atoms with Crippen LogP contribution in [0.25, 0.3) is 32.7 Å². The summed E-state index contributed by atoms with van der Waals surface area (Å²) in [7, 11) is 0. The van der Waals surface area contributed by atoms with Crippen molar-refractivity contribution in [2.45, 2.75) is 27.7 Å². The van der Waals surface area contributed by atoms with Gasteiger partial charge in [-0.05, 0) is 58.7 Å². The Bertz CT molecular complexity index is 910. The summed E-state index contributed by atoms with van der Waals surface area (Å²) in [4.78, 5) is 0. The molecule has 0 radical (unpaired) electrons. The molecule has 0 unspecified atom stereocenters. The van der Waals surface area contributed by atoms with Crippen molar-refractivity contribution in [3.63, 3.8) is 0 Å². The van der Waals surface area contributed by atoms with Crippen LogP contribution in [-0.4, -0.2) is 0 Å². The second-order valence-corrected chi connectivity index (χ2v) is 6.13. The molecular weight excluding hydrogens is 288 g/mol. The van der Waals surface area contributed by atoms with Crippen LogP contribution in [0.4, 0.5) is 0 Å². The van der Waals surface area contributed by atoms with Crippen molar-refractivity contribution in [2.24, 2.45) is 0 Å². The number of hydrogen-bond acceptors (Lipinski definition) is 0. The summed E-state index contributed by atoms with van der Waals surface area (Å²) in [5, 5.41) is 5.21. The highest BCUT2D eigenvalue weighted by Crippen LogP contribution is 2.28. The van der Waals surface area contributed by atoms with Gasteiger partial charge in [0.15, 0.2) is 0 Å². The highest BCUT2D eigenvalue weighted by molar-refractivity contribution is 5.91. The Balaban J connectivity index is 0.000000815. The van der Waals surface area contributed by atoms with Crippen LogP contribution in [0.15, 0.2) is 72.8 Å². The molecule has 0 aromatic heterocycles. The van der Waals surface area contributed by atoms with E-state index in [0.717, 1.165) is 0 Å². The van der Waals surface area contributed by atoms with Gasteiger partial charge >= 0.3 is 0 Å². The van der Waals surface area contributed by atoms with E-state index >= 15 is 0 Å². The molecule has 0 bridgehead atoms. The number of rotatable bonds is 1. The Kier molecular flexibility index (Phi) is 4.66. The molecule has 0 aliphatic heterocycles.